The Bertz CT molecular complexity index is 1570. The van der Waals surface area contributed by atoms with Crippen LogP contribution in [-0.4, -0.2) is 9.49 Å². The van der Waals surface area contributed by atoms with Crippen molar-refractivity contribution in [3.8, 4) is 17.5 Å². The highest BCUT2D eigenvalue weighted by molar-refractivity contribution is 5.89. The van der Waals surface area contributed by atoms with Crippen molar-refractivity contribution < 1.29 is 9.66 Å². The zero-order valence-electron chi connectivity index (χ0n) is 17.1. The molecule has 1 aliphatic heterocycles. The molecule has 8 nitrogen and oxygen atoms in total. The summed E-state index contributed by atoms with van der Waals surface area (Å²) in [6.45, 7) is 0. The number of nitrogens with two attached hydrogens (primary N) is 1. The average molecular weight is 436 g/mol. The van der Waals surface area contributed by atoms with Crippen LogP contribution in [0.4, 0.5) is 5.69 Å². The molecule has 0 fully saturated rings. The molecular weight excluding hydrogens is 420 g/mol. The Morgan fingerprint density at radius 2 is 1.76 bits per heavy atom. The van der Waals surface area contributed by atoms with E-state index >= 15 is 0 Å². The maximum Gasteiger partial charge on any atom is 0.269 e. The third-order valence-corrected chi connectivity index (χ3v) is 5.67. The number of nitrogens with zero attached hydrogens (tertiary/aromatic N) is 3. The summed E-state index contributed by atoms with van der Waals surface area (Å²) >= 11 is 0. The molecule has 1 atom stereocenters. The number of hydrogen-bond donors (Lipinski definition) is 1. The van der Waals surface area contributed by atoms with Crippen LogP contribution in [0.2, 0.25) is 0 Å². The van der Waals surface area contributed by atoms with Gasteiger partial charge in [0.25, 0.3) is 11.2 Å². The molecule has 0 spiro atoms. The quantitative estimate of drug-likeness (QED) is 0.381. The van der Waals surface area contributed by atoms with Gasteiger partial charge in [0, 0.05) is 23.2 Å². The molecule has 0 aliphatic carbocycles. The number of allylic oxidation sites excluding steroid dienone is 1. The van der Waals surface area contributed by atoms with Crippen LogP contribution in [0.1, 0.15) is 17.0 Å². The van der Waals surface area contributed by atoms with Crippen LogP contribution in [0.3, 0.4) is 0 Å². The molecule has 1 unspecified atom stereocenters. The fourth-order valence-electron chi connectivity index (χ4n) is 4.25. The highest BCUT2D eigenvalue weighted by atomic mass is 16.6. The normalized spacial score (nSPS) is 14.9. The molecule has 1 aromatic heterocycles. The van der Waals surface area contributed by atoms with Crippen LogP contribution in [0.15, 0.2) is 95.1 Å². The minimum Gasteiger partial charge on any atom is -0.439 e. The Kier molecular flexibility index (Phi) is 4.65. The first kappa shape index (κ1) is 20.0. The summed E-state index contributed by atoms with van der Waals surface area (Å²) in [5.74, 6) is -0.815. The van der Waals surface area contributed by atoms with Crippen molar-refractivity contribution in [1.82, 2.24) is 4.57 Å². The Balaban J connectivity index is 1.91. The number of hydrogen-bond acceptors (Lipinski definition) is 6. The number of nitro groups is 1. The number of nitro benzene ring substituents is 1. The maximum atomic E-state index is 14.0. The van der Waals surface area contributed by atoms with E-state index in [4.69, 9.17) is 10.5 Å². The Hall–Kier alpha value is -4.90. The van der Waals surface area contributed by atoms with E-state index in [1.54, 1.807) is 16.7 Å². The minimum atomic E-state index is -0.925. The van der Waals surface area contributed by atoms with Gasteiger partial charge in [-0.2, -0.15) is 5.26 Å². The molecular formula is C25H16N4O4. The Morgan fingerprint density at radius 3 is 2.48 bits per heavy atom. The van der Waals surface area contributed by atoms with Gasteiger partial charge in [0.05, 0.1) is 21.9 Å². The summed E-state index contributed by atoms with van der Waals surface area (Å²) in [7, 11) is 0. The predicted octanol–water partition coefficient (Wildman–Crippen LogP) is 4.12. The van der Waals surface area contributed by atoms with E-state index < -0.39 is 16.4 Å². The molecule has 0 saturated heterocycles. The van der Waals surface area contributed by atoms with Crippen LogP contribution >= 0.6 is 0 Å². The predicted molar refractivity (Wildman–Crippen MR) is 122 cm³/mol. The number of pyridine rings is 1. The van der Waals surface area contributed by atoms with Gasteiger partial charge in [-0.05, 0) is 29.8 Å². The number of nitriles is 1. The molecule has 8 heteroatoms. The molecule has 160 valence electrons. The molecule has 5 rings (SSSR count). The number of benzene rings is 3. The van der Waals surface area contributed by atoms with E-state index in [1.165, 1.54) is 18.2 Å². The van der Waals surface area contributed by atoms with Gasteiger partial charge in [0.1, 0.15) is 17.4 Å². The molecule has 0 radical (unpaired) electrons. The van der Waals surface area contributed by atoms with Gasteiger partial charge >= 0.3 is 0 Å². The molecule has 3 aromatic carbocycles. The van der Waals surface area contributed by atoms with Gasteiger partial charge in [0.15, 0.2) is 0 Å². The second-order valence-corrected chi connectivity index (χ2v) is 7.51. The SMILES string of the molecule is N#CC1=C(N)Oc2c(c(=O)n(-c3ccccc3)c3ccccc23)C1c1cccc([N+](=O)[O-])c1. The molecule has 0 bridgehead atoms. The second kappa shape index (κ2) is 7.66. The van der Waals surface area contributed by atoms with Crippen LogP contribution in [0.25, 0.3) is 16.6 Å². The van der Waals surface area contributed by atoms with E-state index in [2.05, 4.69) is 0 Å². The largest absolute Gasteiger partial charge is 0.439 e. The molecule has 0 saturated carbocycles. The molecule has 0 amide bonds. The maximum absolute atomic E-state index is 14.0. The highest BCUT2D eigenvalue weighted by Crippen LogP contribution is 2.44. The summed E-state index contributed by atoms with van der Waals surface area (Å²) in [4.78, 5) is 24.8. The summed E-state index contributed by atoms with van der Waals surface area (Å²) in [6, 6.07) is 24.2. The fraction of sp³-hybridized carbons (Fsp3) is 0.0400. The summed E-state index contributed by atoms with van der Waals surface area (Å²) < 4.78 is 7.39. The first-order valence-electron chi connectivity index (χ1n) is 10.1. The third-order valence-electron chi connectivity index (χ3n) is 5.67. The highest BCUT2D eigenvalue weighted by Gasteiger charge is 2.36. The molecule has 33 heavy (non-hydrogen) atoms. The van der Waals surface area contributed by atoms with Gasteiger partial charge < -0.3 is 10.5 Å². The van der Waals surface area contributed by atoms with Crippen molar-refractivity contribution in [2.75, 3.05) is 0 Å². The fourth-order valence-corrected chi connectivity index (χ4v) is 4.25. The van der Waals surface area contributed by atoms with Gasteiger partial charge in [-0.3, -0.25) is 19.5 Å². The number of para-hydroxylation sites is 2. The van der Waals surface area contributed by atoms with E-state index in [0.717, 1.165) is 0 Å². The minimum absolute atomic E-state index is 0.0231. The van der Waals surface area contributed by atoms with Gasteiger partial charge in [-0.25, -0.2) is 0 Å². The zero-order chi connectivity index (χ0) is 23.1. The lowest BCUT2D eigenvalue weighted by Crippen LogP contribution is -2.31. The van der Waals surface area contributed by atoms with Crippen LogP contribution in [-0.2, 0) is 0 Å². The average Bonchev–Trinajstić information content (AvgIpc) is 2.84. The van der Waals surface area contributed by atoms with Crippen LogP contribution in [0, 0.1) is 21.4 Å². The Labute approximate surface area is 187 Å². The number of fused-ring (bicyclic) bond motifs is 3. The zero-order valence-corrected chi connectivity index (χ0v) is 17.1. The van der Waals surface area contributed by atoms with Gasteiger partial charge in [0.2, 0.25) is 5.88 Å². The van der Waals surface area contributed by atoms with E-state index in [-0.39, 0.29) is 28.5 Å². The number of non-ortho nitro benzene ring substituents is 1. The molecule has 2 heterocycles. The van der Waals surface area contributed by atoms with Crippen molar-refractivity contribution in [1.29, 1.82) is 5.26 Å². The topological polar surface area (TPSA) is 124 Å². The lowest BCUT2D eigenvalue weighted by Gasteiger charge is -2.28. The summed E-state index contributed by atoms with van der Waals surface area (Å²) in [5.41, 5.74) is 7.44. The first-order chi connectivity index (χ1) is 16.0. The van der Waals surface area contributed by atoms with E-state index in [9.17, 15) is 20.2 Å². The smallest absolute Gasteiger partial charge is 0.269 e. The van der Waals surface area contributed by atoms with Crippen molar-refractivity contribution in [2.24, 2.45) is 5.73 Å². The number of rotatable bonds is 3. The van der Waals surface area contributed by atoms with Crippen molar-refractivity contribution in [2.45, 2.75) is 5.92 Å². The third kappa shape index (κ3) is 3.11. The van der Waals surface area contributed by atoms with E-state index in [0.29, 0.717) is 22.2 Å². The lowest BCUT2D eigenvalue weighted by atomic mass is 9.83. The van der Waals surface area contributed by atoms with Crippen LogP contribution < -0.4 is 16.0 Å². The Morgan fingerprint density at radius 1 is 1.03 bits per heavy atom. The molecule has 2 N–H and O–H groups in total. The monoisotopic (exact) mass is 436 g/mol. The number of ether oxygens (including phenoxy) is 1. The standard InChI is InChI=1S/C25H16N4O4/c26-14-19-21(15-7-6-10-17(13-15)29(31)32)22-23(33-24(19)27)18-11-4-5-12-20(18)28(25(22)30)16-8-2-1-3-9-16/h1-13,21H,27H2. The molecule has 1 aliphatic rings. The summed E-state index contributed by atoms with van der Waals surface area (Å²) in [6.07, 6.45) is 0. The van der Waals surface area contributed by atoms with Crippen molar-refractivity contribution in [3.05, 3.63) is 122 Å². The summed E-state index contributed by atoms with van der Waals surface area (Å²) in [5, 5.41) is 21.9. The van der Waals surface area contributed by atoms with Gasteiger partial charge in [-0.15, -0.1) is 0 Å². The van der Waals surface area contributed by atoms with Crippen molar-refractivity contribution in [3.63, 3.8) is 0 Å². The van der Waals surface area contributed by atoms with E-state index in [1.807, 2.05) is 54.6 Å². The van der Waals surface area contributed by atoms with Crippen molar-refractivity contribution >= 4 is 16.6 Å². The number of aromatic nitrogens is 1. The van der Waals surface area contributed by atoms with Crippen LogP contribution in [0.5, 0.6) is 5.75 Å². The molecule has 4 aromatic rings. The van der Waals surface area contributed by atoms with Gasteiger partial charge in [-0.1, -0.05) is 42.5 Å². The first-order valence-corrected chi connectivity index (χ1v) is 10.1. The second-order valence-electron chi connectivity index (χ2n) is 7.51. The lowest BCUT2D eigenvalue weighted by molar-refractivity contribution is -0.384.